The predicted molar refractivity (Wildman–Crippen MR) is 157 cm³/mol. The quantitative estimate of drug-likeness (QED) is 0.389. The maximum Gasteiger partial charge on any atom is 0.419 e. The van der Waals surface area contributed by atoms with Gasteiger partial charge in [0.15, 0.2) is 0 Å². The average Bonchev–Trinajstić information content (AvgIpc) is 2.91. The molecule has 0 saturated carbocycles. The minimum Gasteiger partial charge on any atom is -0.371 e. The minimum absolute atomic E-state index is 0.0244. The molecule has 12 heteroatoms. The fourth-order valence-electron chi connectivity index (χ4n) is 5.82. The molecule has 2 saturated heterocycles. The molecule has 2 N–H and O–H groups in total. The van der Waals surface area contributed by atoms with Gasteiger partial charge in [0.1, 0.15) is 0 Å². The molecule has 41 heavy (non-hydrogen) atoms. The zero-order chi connectivity index (χ0) is 30.1. The summed E-state index contributed by atoms with van der Waals surface area (Å²) in [6.07, 6.45) is -0.880. The highest BCUT2D eigenvalue weighted by atomic mass is 35.5. The fourth-order valence-corrected chi connectivity index (χ4v) is 6.61. The van der Waals surface area contributed by atoms with Crippen LogP contribution in [0.5, 0.6) is 0 Å². The standard InChI is InChI=1S/C29H34Cl3F3N4O2/c1-37(2)26(40)24-4-3-23(17-25(24)32)38-9-5-18(6-10-38)13-19-7-11-39(12-8-19)27(41)28(36,29(33,34)35)20-14-21(30)16-22(31)15-20/h3-4,14-19H,5-13,36H2,1-2H3. The molecule has 2 aliphatic rings. The van der Waals surface area contributed by atoms with E-state index < -0.39 is 23.2 Å². The van der Waals surface area contributed by atoms with Gasteiger partial charge >= 0.3 is 6.18 Å². The van der Waals surface area contributed by atoms with Crippen LogP contribution in [0, 0.1) is 11.8 Å². The van der Waals surface area contributed by atoms with E-state index in [1.807, 2.05) is 12.1 Å². The van der Waals surface area contributed by atoms with E-state index in [9.17, 15) is 22.8 Å². The number of amides is 2. The highest BCUT2D eigenvalue weighted by Crippen LogP contribution is 2.41. The number of likely N-dealkylation sites (tertiary alicyclic amines) is 1. The molecule has 1 unspecified atom stereocenters. The second-order valence-corrected chi connectivity index (χ2v) is 12.5. The van der Waals surface area contributed by atoms with Crippen LogP contribution in [0.2, 0.25) is 15.1 Å². The van der Waals surface area contributed by atoms with Gasteiger partial charge in [0, 0.05) is 56.0 Å². The van der Waals surface area contributed by atoms with Crippen LogP contribution >= 0.6 is 34.8 Å². The Hall–Kier alpha value is -2.20. The lowest BCUT2D eigenvalue weighted by Crippen LogP contribution is -2.62. The monoisotopic (exact) mass is 632 g/mol. The van der Waals surface area contributed by atoms with Crippen LogP contribution in [0.25, 0.3) is 0 Å². The highest BCUT2D eigenvalue weighted by molar-refractivity contribution is 6.35. The number of carbonyl (C=O) groups is 2. The summed E-state index contributed by atoms with van der Waals surface area (Å²) >= 11 is 18.3. The Morgan fingerprint density at radius 3 is 1.93 bits per heavy atom. The maximum atomic E-state index is 14.2. The van der Waals surface area contributed by atoms with Crippen molar-refractivity contribution in [1.82, 2.24) is 9.80 Å². The Labute approximate surface area is 253 Å². The molecule has 0 radical (unpaired) electrons. The van der Waals surface area contributed by atoms with Crippen LogP contribution in [0.1, 0.15) is 48.0 Å². The summed E-state index contributed by atoms with van der Waals surface area (Å²) in [7, 11) is 3.37. The molecule has 224 valence electrons. The number of hydrogen-bond acceptors (Lipinski definition) is 4. The summed E-state index contributed by atoms with van der Waals surface area (Å²) in [5.74, 6) is -0.523. The first-order chi connectivity index (χ1) is 19.2. The van der Waals surface area contributed by atoms with Gasteiger partial charge in [0.25, 0.3) is 11.8 Å². The van der Waals surface area contributed by atoms with Crippen molar-refractivity contribution in [2.45, 2.75) is 43.8 Å². The molecular weight excluding hydrogens is 600 g/mol. The third kappa shape index (κ3) is 6.90. The molecule has 1 atom stereocenters. The molecule has 2 heterocycles. The molecule has 6 nitrogen and oxygen atoms in total. The van der Waals surface area contributed by atoms with E-state index in [0.29, 0.717) is 35.3 Å². The van der Waals surface area contributed by atoms with Crippen LogP contribution in [-0.2, 0) is 10.3 Å². The van der Waals surface area contributed by atoms with E-state index in [2.05, 4.69) is 4.90 Å². The third-order valence-electron chi connectivity index (χ3n) is 8.24. The molecule has 4 rings (SSSR count). The first-order valence-electron chi connectivity index (χ1n) is 13.6. The number of alkyl halides is 3. The van der Waals surface area contributed by atoms with Gasteiger partial charge in [0.05, 0.1) is 10.6 Å². The summed E-state index contributed by atoms with van der Waals surface area (Å²) in [4.78, 5) is 30.5. The largest absolute Gasteiger partial charge is 0.419 e. The number of piperidine rings is 2. The van der Waals surface area contributed by atoms with Gasteiger partial charge in [-0.05, 0) is 85.9 Å². The zero-order valence-corrected chi connectivity index (χ0v) is 25.3. The molecule has 2 aromatic carbocycles. The number of nitrogens with two attached hydrogens (primary N) is 1. The smallest absolute Gasteiger partial charge is 0.371 e. The number of anilines is 1. The molecule has 2 amide bonds. The van der Waals surface area contributed by atoms with Gasteiger partial charge in [-0.1, -0.05) is 34.8 Å². The number of nitrogens with zero attached hydrogens (tertiary/aromatic N) is 3. The lowest BCUT2D eigenvalue weighted by Gasteiger charge is -2.40. The van der Waals surface area contributed by atoms with E-state index in [4.69, 9.17) is 40.5 Å². The van der Waals surface area contributed by atoms with Crippen molar-refractivity contribution in [1.29, 1.82) is 0 Å². The second-order valence-electron chi connectivity index (χ2n) is 11.2. The van der Waals surface area contributed by atoms with Crippen molar-refractivity contribution >= 4 is 52.3 Å². The van der Waals surface area contributed by atoms with Gasteiger partial charge in [-0.15, -0.1) is 0 Å². The summed E-state index contributed by atoms with van der Waals surface area (Å²) < 4.78 is 42.7. The van der Waals surface area contributed by atoms with Crippen molar-refractivity contribution in [2.75, 3.05) is 45.2 Å². The number of halogens is 6. The van der Waals surface area contributed by atoms with Gasteiger partial charge in [-0.2, -0.15) is 13.2 Å². The van der Waals surface area contributed by atoms with Crippen LogP contribution in [0.15, 0.2) is 36.4 Å². The number of rotatable bonds is 6. The number of benzene rings is 2. The lowest BCUT2D eigenvalue weighted by atomic mass is 9.82. The van der Waals surface area contributed by atoms with Crippen LogP contribution < -0.4 is 10.6 Å². The molecule has 0 spiro atoms. The Morgan fingerprint density at radius 2 is 1.44 bits per heavy atom. The van der Waals surface area contributed by atoms with Crippen LogP contribution in [0.4, 0.5) is 18.9 Å². The van der Waals surface area contributed by atoms with Gasteiger partial charge in [0.2, 0.25) is 5.54 Å². The summed E-state index contributed by atoms with van der Waals surface area (Å²) in [5.41, 5.74) is 3.58. The second kappa shape index (κ2) is 12.6. The molecule has 2 fully saturated rings. The normalized spacial score (nSPS) is 18.8. The van der Waals surface area contributed by atoms with Crippen molar-refractivity contribution in [3.63, 3.8) is 0 Å². The topological polar surface area (TPSA) is 69.9 Å². The van der Waals surface area contributed by atoms with Gasteiger partial charge in [-0.3, -0.25) is 9.59 Å². The van der Waals surface area contributed by atoms with Crippen molar-refractivity contribution in [2.24, 2.45) is 17.6 Å². The highest BCUT2D eigenvalue weighted by Gasteiger charge is 2.60. The van der Waals surface area contributed by atoms with Crippen molar-refractivity contribution in [3.8, 4) is 0 Å². The molecule has 2 aromatic rings. The molecule has 0 bridgehead atoms. The Bertz CT molecular complexity index is 1260. The first kappa shape index (κ1) is 31.7. The molecule has 2 aliphatic heterocycles. The third-order valence-corrected chi connectivity index (χ3v) is 8.99. The van der Waals surface area contributed by atoms with Crippen molar-refractivity contribution < 1.29 is 22.8 Å². The maximum absolute atomic E-state index is 14.2. The first-order valence-corrected chi connectivity index (χ1v) is 14.7. The van der Waals surface area contributed by atoms with Crippen LogP contribution in [0.3, 0.4) is 0 Å². The lowest BCUT2D eigenvalue weighted by molar-refractivity contribution is -0.201. The molecular formula is C29H34Cl3F3N4O2. The Balaban J connectivity index is 1.32. The van der Waals surface area contributed by atoms with E-state index in [-0.39, 0.29) is 29.0 Å². The number of hydrogen-bond donors (Lipinski definition) is 1. The summed E-state index contributed by atoms with van der Waals surface area (Å²) in [5, 5.41) is 0.377. The van der Waals surface area contributed by atoms with E-state index in [0.717, 1.165) is 50.2 Å². The van der Waals surface area contributed by atoms with E-state index in [1.165, 1.54) is 15.9 Å². The average molecular weight is 634 g/mol. The summed E-state index contributed by atoms with van der Waals surface area (Å²) in [6, 6.07) is 8.90. The van der Waals surface area contributed by atoms with Crippen molar-refractivity contribution in [3.05, 3.63) is 62.6 Å². The summed E-state index contributed by atoms with van der Waals surface area (Å²) in [6.45, 7) is 2.12. The van der Waals surface area contributed by atoms with E-state index in [1.54, 1.807) is 20.2 Å². The minimum atomic E-state index is -5.03. The Morgan fingerprint density at radius 1 is 0.902 bits per heavy atom. The van der Waals surface area contributed by atoms with E-state index >= 15 is 0 Å². The van der Waals surface area contributed by atoms with Crippen LogP contribution in [-0.4, -0.2) is 68.1 Å². The fraction of sp³-hybridized carbons (Fsp3) is 0.517. The Kier molecular flexibility index (Phi) is 9.73. The number of carbonyl (C=O) groups excluding carboxylic acids is 2. The zero-order valence-electron chi connectivity index (χ0n) is 23.0. The van der Waals surface area contributed by atoms with Gasteiger partial charge < -0.3 is 20.4 Å². The molecule has 0 aromatic heterocycles. The predicted octanol–water partition coefficient (Wildman–Crippen LogP) is 6.61. The molecule has 0 aliphatic carbocycles. The SMILES string of the molecule is CN(C)C(=O)c1ccc(N2CCC(CC3CCN(C(=O)C(N)(c4cc(Cl)cc(Cl)c4)C(F)(F)F)CC3)CC2)cc1Cl. The van der Waals surface area contributed by atoms with Gasteiger partial charge in [-0.25, -0.2) is 0 Å².